The summed E-state index contributed by atoms with van der Waals surface area (Å²) in [6.07, 6.45) is 1.06. The van der Waals surface area contributed by atoms with Crippen molar-refractivity contribution in [3.63, 3.8) is 0 Å². The van der Waals surface area contributed by atoms with Crippen LogP contribution in [0.5, 0.6) is 5.75 Å². The van der Waals surface area contributed by atoms with Gasteiger partial charge in [0.2, 0.25) is 10.0 Å². The van der Waals surface area contributed by atoms with E-state index >= 15 is 0 Å². The quantitative estimate of drug-likeness (QED) is 0.622. The van der Waals surface area contributed by atoms with E-state index in [1.165, 1.54) is 25.3 Å². The molecular formula is C12H17N3O5S. The van der Waals surface area contributed by atoms with Crippen molar-refractivity contribution in [2.75, 3.05) is 24.9 Å². The second kappa shape index (κ2) is 6.27. The predicted octanol–water partition coefficient (Wildman–Crippen LogP) is 1.10. The Labute approximate surface area is 122 Å². The van der Waals surface area contributed by atoms with Gasteiger partial charge in [-0.1, -0.05) is 0 Å². The average Bonchev–Trinajstić information content (AvgIpc) is 2.48. The van der Waals surface area contributed by atoms with Crippen LogP contribution in [0.4, 0.5) is 11.4 Å². The molecule has 2 N–H and O–H groups in total. The number of non-ortho nitro benzene ring substituents is 1. The Morgan fingerprint density at radius 3 is 2.62 bits per heavy atom. The summed E-state index contributed by atoms with van der Waals surface area (Å²) in [6, 6.07) is 3.78. The van der Waals surface area contributed by atoms with Crippen molar-refractivity contribution in [2.24, 2.45) is 0 Å². The third kappa shape index (κ3) is 3.61. The van der Waals surface area contributed by atoms with Crippen molar-refractivity contribution in [1.82, 2.24) is 5.32 Å². The van der Waals surface area contributed by atoms with E-state index in [0.29, 0.717) is 25.9 Å². The zero-order valence-electron chi connectivity index (χ0n) is 11.5. The van der Waals surface area contributed by atoms with E-state index in [4.69, 9.17) is 4.74 Å². The third-order valence-electron chi connectivity index (χ3n) is 3.37. The molecule has 1 aromatic carbocycles. The molecule has 1 aromatic rings. The van der Waals surface area contributed by atoms with E-state index in [1.54, 1.807) is 0 Å². The summed E-state index contributed by atoms with van der Waals surface area (Å²) >= 11 is 0. The van der Waals surface area contributed by atoms with Gasteiger partial charge in [-0.2, -0.15) is 0 Å². The highest BCUT2D eigenvalue weighted by molar-refractivity contribution is 7.93. The fourth-order valence-electron chi connectivity index (χ4n) is 2.22. The first-order chi connectivity index (χ1) is 9.94. The molecule has 8 nitrogen and oxygen atoms in total. The molecule has 0 radical (unpaired) electrons. The lowest BCUT2D eigenvalue weighted by molar-refractivity contribution is -0.384. The lowest BCUT2D eigenvalue weighted by atomic mass is 10.2. The number of nitro benzene ring substituents is 1. The molecule has 1 heterocycles. The van der Waals surface area contributed by atoms with Gasteiger partial charge in [0.25, 0.3) is 5.69 Å². The van der Waals surface area contributed by atoms with E-state index < -0.39 is 20.2 Å². The molecule has 1 aliphatic rings. The summed E-state index contributed by atoms with van der Waals surface area (Å²) in [5.41, 5.74) is 0.0540. The van der Waals surface area contributed by atoms with Crippen LogP contribution in [0.2, 0.25) is 0 Å². The number of benzene rings is 1. The van der Waals surface area contributed by atoms with Crippen molar-refractivity contribution in [3.05, 3.63) is 28.3 Å². The molecule has 9 heteroatoms. The molecule has 0 saturated carbocycles. The number of sulfonamides is 1. The van der Waals surface area contributed by atoms with Crippen LogP contribution in [-0.2, 0) is 10.0 Å². The number of piperidine rings is 1. The molecule has 0 unspecified atom stereocenters. The van der Waals surface area contributed by atoms with Crippen molar-refractivity contribution < 1.29 is 18.1 Å². The fraction of sp³-hybridized carbons (Fsp3) is 0.500. The molecule has 0 bridgehead atoms. The molecule has 2 rings (SSSR count). The second-order valence-electron chi connectivity index (χ2n) is 4.74. The number of nitrogens with zero attached hydrogens (tertiary/aromatic N) is 1. The number of anilines is 1. The monoisotopic (exact) mass is 315 g/mol. The summed E-state index contributed by atoms with van der Waals surface area (Å²) in [4.78, 5) is 10.2. The molecule has 0 aliphatic carbocycles. The minimum atomic E-state index is -3.54. The van der Waals surface area contributed by atoms with E-state index in [9.17, 15) is 18.5 Å². The SMILES string of the molecule is COc1cc([N+](=O)[O-])ccc1NS(=O)(=O)C1CCNCC1. The van der Waals surface area contributed by atoms with Crippen molar-refractivity contribution >= 4 is 21.4 Å². The van der Waals surface area contributed by atoms with Gasteiger partial charge in [-0.3, -0.25) is 14.8 Å². The van der Waals surface area contributed by atoms with Crippen LogP contribution in [0.15, 0.2) is 18.2 Å². The molecule has 116 valence electrons. The van der Waals surface area contributed by atoms with Gasteiger partial charge >= 0.3 is 0 Å². The number of hydrogen-bond donors (Lipinski definition) is 2. The number of rotatable bonds is 5. The molecule has 0 spiro atoms. The third-order valence-corrected chi connectivity index (χ3v) is 5.23. The molecular weight excluding hydrogens is 298 g/mol. The Hall–Kier alpha value is -1.87. The van der Waals surface area contributed by atoms with Crippen LogP contribution in [0.25, 0.3) is 0 Å². The normalized spacial score (nSPS) is 16.4. The predicted molar refractivity (Wildman–Crippen MR) is 78.1 cm³/mol. The van der Waals surface area contributed by atoms with Gasteiger partial charge < -0.3 is 10.1 Å². The number of hydrogen-bond acceptors (Lipinski definition) is 6. The average molecular weight is 315 g/mol. The molecule has 1 fully saturated rings. The molecule has 21 heavy (non-hydrogen) atoms. The number of ether oxygens (including phenoxy) is 1. The molecule has 1 saturated heterocycles. The topological polar surface area (TPSA) is 111 Å². The molecule has 1 aliphatic heterocycles. The minimum absolute atomic E-state index is 0.127. The Morgan fingerprint density at radius 2 is 2.05 bits per heavy atom. The van der Waals surface area contributed by atoms with Crippen LogP contribution in [0.3, 0.4) is 0 Å². The highest BCUT2D eigenvalue weighted by Crippen LogP contribution is 2.30. The van der Waals surface area contributed by atoms with Crippen molar-refractivity contribution in [2.45, 2.75) is 18.1 Å². The van der Waals surface area contributed by atoms with Gasteiger partial charge in [0.15, 0.2) is 0 Å². The Kier molecular flexibility index (Phi) is 4.63. The zero-order chi connectivity index (χ0) is 15.5. The maximum absolute atomic E-state index is 12.3. The Bertz CT molecular complexity index is 626. The van der Waals surface area contributed by atoms with Gasteiger partial charge in [0.05, 0.1) is 29.0 Å². The highest BCUT2D eigenvalue weighted by atomic mass is 32.2. The Balaban J connectivity index is 2.23. The summed E-state index contributed by atoms with van der Waals surface area (Å²) in [5, 5.41) is 13.3. The van der Waals surface area contributed by atoms with Crippen molar-refractivity contribution in [1.29, 1.82) is 0 Å². The summed E-state index contributed by atoms with van der Waals surface area (Å²) in [5.74, 6) is 0.127. The lowest BCUT2D eigenvalue weighted by Gasteiger charge is -2.23. The van der Waals surface area contributed by atoms with Gasteiger partial charge in [-0.25, -0.2) is 8.42 Å². The van der Waals surface area contributed by atoms with Gasteiger partial charge in [0.1, 0.15) is 5.75 Å². The minimum Gasteiger partial charge on any atom is -0.494 e. The lowest BCUT2D eigenvalue weighted by Crippen LogP contribution is -2.38. The number of nitro groups is 1. The zero-order valence-corrected chi connectivity index (χ0v) is 12.4. The summed E-state index contributed by atoms with van der Waals surface area (Å²) in [6.45, 7) is 1.31. The fourth-order valence-corrected chi connectivity index (χ4v) is 3.72. The highest BCUT2D eigenvalue weighted by Gasteiger charge is 2.28. The van der Waals surface area contributed by atoms with Gasteiger partial charge in [-0.05, 0) is 32.0 Å². The van der Waals surface area contributed by atoms with E-state index in [0.717, 1.165) is 0 Å². The van der Waals surface area contributed by atoms with Crippen LogP contribution >= 0.6 is 0 Å². The first-order valence-corrected chi connectivity index (χ1v) is 8.03. The van der Waals surface area contributed by atoms with Crippen molar-refractivity contribution in [3.8, 4) is 5.75 Å². The molecule has 0 atom stereocenters. The summed E-state index contributed by atoms with van der Waals surface area (Å²) in [7, 11) is -2.21. The first-order valence-electron chi connectivity index (χ1n) is 6.49. The molecule has 0 aromatic heterocycles. The second-order valence-corrected chi connectivity index (χ2v) is 6.70. The van der Waals surface area contributed by atoms with Gasteiger partial charge in [0, 0.05) is 6.07 Å². The van der Waals surface area contributed by atoms with Crippen LogP contribution in [-0.4, -0.2) is 38.8 Å². The van der Waals surface area contributed by atoms with Crippen LogP contribution in [0.1, 0.15) is 12.8 Å². The maximum atomic E-state index is 12.3. The van der Waals surface area contributed by atoms with Gasteiger partial charge in [-0.15, -0.1) is 0 Å². The van der Waals surface area contributed by atoms with Crippen LogP contribution in [0, 0.1) is 10.1 Å². The first kappa shape index (κ1) is 15.5. The molecule has 0 amide bonds. The van der Waals surface area contributed by atoms with Crippen LogP contribution < -0.4 is 14.8 Å². The number of methoxy groups -OCH3 is 1. The summed E-state index contributed by atoms with van der Waals surface area (Å²) < 4.78 is 32.1. The largest absolute Gasteiger partial charge is 0.494 e. The smallest absolute Gasteiger partial charge is 0.273 e. The van der Waals surface area contributed by atoms with E-state index in [1.807, 2.05) is 0 Å². The maximum Gasteiger partial charge on any atom is 0.273 e. The van der Waals surface area contributed by atoms with E-state index in [2.05, 4.69) is 10.0 Å². The standard InChI is InChI=1S/C12H17N3O5S/c1-20-12-8-9(15(16)17)2-3-11(12)14-21(18,19)10-4-6-13-7-5-10/h2-3,8,10,13-14H,4-7H2,1H3. The number of nitrogens with one attached hydrogen (secondary N) is 2. The van der Waals surface area contributed by atoms with E-state index in [-0.39, 0.29) is 17.1 Å². The Morgan fingerprint density at radius 1 is 1.38 bits per heavy atom.